The molecule has 0 aliphatic carbocycles. The largest absolute Gasteiger partial charge is 0.507 e. The van der Waals surface area contributed by atoms with E-state index in [1.165, 1.54) is 12.0 Å². The third-order valence-electron chi connectivity index (χ3n) is 5.95. The number of carbonyl (C=O) groups is 2. The first-order valence-electron chi connectivity index (χ1n) is 11.2. The van der Waals surface area contributed by atoms with Crippen LogP contribution in [0.3, 0.4) is 0 Å². The second-order valence-corrected chi connectivity index (χ2v) is 8.99. The average molecular weight is 547 g/mol. The van der Waals surface area contributed by atoms with E-state index >= 15 is 0 Å². The summed E-state index contributed by atoms with van der Waals surface area (Å²) < 4.78 is 12.0. The molecule has 0 aromatic heterocycles. The number of hydrogen-bond acceptors (Lipinski definition) is 6. The zero-order valence-electron chi connectivity index (χ0n) is 19.9. The first kappa shape index (κ1) is 25.0. The number of hydrogen-bond donors (Lipinski definition) is 1. The fourth-order valence-electron chi connectivity index (χ4n) is 4.19. The van der Waals surface area contributed by atoms with Crippen molar-refractivity contribution in [3.63, 3.8) is 0 Å². The lowest BCUT2D eigenvalue weighted by Gasteiger charge is -2.26. The molecule has 4 rings (SSSR count). The molecule has 1 saturated heterocycles. The van der Waals surface area contributed by atoms with E-state index in [9.17, 15) is 20.0 Å². The Labute approximate surface area is 217 Å². The Morgan fingerprint density at radius 3 is 2.42 bits per heavy atom. The smallest absolute Gasteiger partial charge is 0.300 e. The number of aryl methyl sites for hydroxylation is 1. The fraction of sp³-hybridized carbons (Fsp3) is 0.179. The summed E-state index contributed by atoms with van der Waals surface area (Å²) in [5.74, 6) is -0.925. The van der Waals surface area contributed by atoms with E-state index in [0.717, 1.165) is 10.0 Å². The number of amides is 1. The summed E-state index contributed by atoms with van der Waals surface area (Å²) in [6.07, 6.45) is 0. The monoisotopic (exact) mass is 546 g/mol. The van der Waals surface area contributed by atoms with E-state index in [1.54, 1.807) is 60.7 Å². The quantitative estimate of drug-likeness (QED) is 0.243. The van der Waals surface area contributed by atoms with Crippen molar-refractivity contribution < 1.29 is 24.2 Å². The molecule has 1 heterocycles. The molecular weight excluding hydrogens is 524 g/mol. The first-order valence-corrected chi connectivity index (χ1v) is 12.0. The van der Waals surface area contributed by atoms with Crippen LogP contribution < -0.4 is 14.4 Å². The Balaban J connectivity index is 1.96. The van der Waals surface area contributed by atoms with Gasteiger partial charge in [-0.05, 0) is 73.5 Å². The number of rotatable bonds is 6. The number of halogens is 1. The fourth-order valence-corrected chi connectivity index (χ4v) is 4.44. The number of aliphatic hydroxyl groups is 1. The maximum absolute atomic E-state index is 13.4. The minimum absolute atomic E-state index is 0.0429. The van der Waals surface area contributed by atoms with Crippen LogP contribution in [0.2, 0.25) is 0 Å². The van der Waals surface area contributed by atoms with Gasteiger partial charge < -0.3 is 14.6 Å². The minimum atomic E-state index is -0.938. The van der Waals surface area contributed by atoms with Crippen LogP contribution in [-0.2, 0) is 9.59 Å². The molecule has 0 bridgehead atoms. The summed E-state index contributed by atoms with van der Waals surface area (Å²) >= 11 is 3.44. The van der Waals surface area contributed by atoms with Crippen LogP contribution in [0.5, 0.6) is 11.5 Å². The van der Waals surface area contributed by atoms with Crippen LogP contribution in [-0.4, -0.2) is 30.5 Å². The third-order valence-corrected chi connectivity index (χ3v) is 6.84. The lowest BCUT2D eigenvalue weighted by molar-refractivity contribution is -0.132. The molecule has 1 N–H and O–H groups in total. The molecule has 1 atom stereocenters. The van der Waals surface area contributed by atoms with Crippen LogP contribution in [0.1, 0.15) is 35.2 Å². The van der Waals surface area contributed by atoms with E-state index in [2.05, 4.69) is 15.9 Å². The van der Waals surface area contributed by atoms with Gasteiger partial charge in [0.05, 0.1) is 37.0 Å². The van der Waals surface area contributed by atoms with Gasteiger partial charge in [0.25, 0.3) is 11.7 Å². The predicted molar refractivity (Wildman–Crippen MR) is 139 cm³/mol. The summed E-state index contributed by atoms with van der Waals surface area (Å²) in [7, 11) is 1.52. The number of ketones is 1. The summed E-state index contributed by atoms with van der Waals surface area (Å²) in [5, 5.41) is 20.5. The van der Waals surface area contributed by atoms with E-state index in [-0.39, 0.29) is 11.3 Å². The highest BCUT2D eigenvalue weighted by Gasteiger charge is 2.47. The Kier molecular flexibility index (Phi) is 7.13. The number of methoxy groups -OCH3 is 1. The van der Waals surface area contributed by atoms with Gasteiger partial charge in [-0.25, -0.2) is 0 Å². The number of Topliss-reactive ketones (excluding diaryl/α,β-unsaturated/α-hetero) is 1. The second-order valence-electron chi connectivity index (χ2n) is 8.14. The zero-order chi connectivity index (χ0) is 26.0. The van der Waals surface area contributed by atoms with Crippen LogP contribution in [0.15, 0.2) is 70.7 Å². The van der Waals surface area contributed by atoms with Crippen LogP contribution in [0, 0.1) is 18.3 Å². The second kappa shape index (κ2) is 10.3. The Morgan fingerprint density at radius 2 is 1.81 bits per heavy atom. The Bertz CT molecular complexity index is 1420. The summed E-state index contributed by atoms with van der Waals surface area (Å²) in [5.41, 5.74) is 2.62. The summed E-state index contributed by atoms with van der Waals surface area (Å²) in [6, 6.07) is 17.8. The SMILES string of the molecule is CCOc1cc(C2/C(=C(/O)c3ccc(Br)c(C)c3)C(=O)C(=O)N2c2ccc(C#N)cc2)ccc1OC. The molecule has 1 fully saturated rings. The maximum Gasteiger partial charge on any atom is 0.300 e. The zero-order valence-corrected chi connectivity index (χ0v) is 21.5. The molecule has 36 heavy (non-hydrogen) atoms. The number of carbonyl (C=O) groups excluding carboxylic acids is 2. The molecule has 8 heteroatoms. The Hall–Kier alpha value is -4.09. The standard InChI is InChI=1S/C28H23BrN2O5/c1-4-36-23-14-18(8-12-22(23)35-3)25-24(26(32)19-7-11-21(29)16(2)13-19)27(33)28(34)31(25)20-9-5-17(15-30)6-10-20/h5-14,25,32H,4H2,1-3H3/b26-24-. The van der Waals surface area contributed by atoms with Crippen LogP contribution in [0.4, 0.5) is 5.69 Å². The highest BCUT2D eigenvalue weighted by atomic mass is 79.9. The molecule has 0 spiro atoms. The highest BCUT2D eigenvalue weighted by molar-refractivity contribution is 9.10. The van der Waals surface area contributed by atoms with Crippen molar-refractivity contribution in [1.82, 2.24) is 0 Å². The molecular formula is C28H23BrN2O5. The van der Waals surface area contributed by atoms with Crippen molar-refractivity contribution in [1.29, 1.82) is 5.26 Å². The molecule has 0 saturated carbocycles. The van der Waals surface area contributed by atoms with Gasteiger partial charge in [0.2, 0.25) is 0 Å². The molecule has 1 unspecified atom stereocenters. The molecule has 182 valence electrons. The number of ether oxygens (including phenoxy) is 2. The number of aliphatic hydroxyl groups excluding tert-OH is 1. The normalized spacial score (nSPS) is 16.6. The van der Waals surface area contributed by atoms with Gasteiger partial charge >= 0.3 is 0 Å². The van der Waals surface area contributed by atoms with Gasteiger partial charge in [0.1, 0.15) is 5.76 Å². The summed E-state index contributed by atoms with van der Waals surface area (Å²) in [6.45, 7) is 4.09. The van der Waals surface area contributed by atoms with Crippen molar-refractivity contribution in [3.05, 3.63) is 93.0 Å². The maximum atomic E-state index is 13.4. The summed E-state index contributed by atoms with van der Waals surface area (Å²) in [4.78, 5) is 28.0. The van der Waals surface area contributed by atoms with Gasteiger partial charge in [-0.15, -0.1) is 0 Å². The number of nitriles is 1. The van der Waals surface area contributed by atoms with Gasteiger partial charge in [-0.2, -0.15) is 5.26 Å². The Morgan fingerprint density at radius 1 is 1.08 bits per heavy atom. The van der Waals surface area contributed by atoms with Crippen molar-refractivity contribution in [3.8, 4) is 17.6 Å². The van der Waals surface area contributed by atoms with E-state index in [1.807, 2.05) is 19.9 Å². The third kappa shape index (κ3) is 4.45. The van der Waals surface area contributed by atoms with Gasteiger partial charge in [-0.3, -0.25) is 14.5 Å². The average Bonchev–Trinajstić information content (AvgIpc) is 3.15. The van der Waals surface area contributed by atoms with Crippen LogP contribution in [0.25, 0.3) is 5.76 Å². The lowest BCUT2D eigenvalue weighted by atomic mass is 9.94. The molecule has 1 aliphatic heterocycles. The molecule has 3 aromatic carbocycles. The molecule has 7 nitrogen and oxygen atoms in total. The predicted octanol–water partition coefficient (Wildman–Crippen LogP) is 5.66. The highest BCUT2D eigenvalue weighted by Crippen LogP contribution is 2.44. The lowest BCUT2D eigenvalue weighted by Crippen LogP contribution is -2.29. The van der Waals surface area contributed by atoms with Crippen LogP contribution >= 0.6 is 15.9 Å². The van der Waals surface area contributed by atoms with Crippen molar-refractivity contribution in [2.45, 2.75) is 19.9 Å². The first-order chi connectivity index (χ1) is 17.3. The van der Waals surface area contributed by atoms with Gasteiger partial charge in [0, 0.05) is 15.7 Å². The van der Waals surface area contributed by atoms with Crippen molar-refractivity contribution in [2.24, 2.45) is 0 Å². The molecule has 0 radical (unpaired) electrons. The van der Waals surface area contributed by atoms with Gasteiger partial charge in [0.15, 0.2) is 11.5 Å². The van der Waals surface area contributed by atoms with E-state index in [0.29, 0.717) is 40.5 Å². The van der Waals surface area contributed by atoms with Gasteiger partial charge in [-0.1, -0.05) is 28.1 Å². The molecule has 1 amide bonds. The van der Waals surface area contributed by atoms with Crippen molar-refractivity contribution in [2.75, 3.05) is 18.6 Å². The molecule has 3 aromatic rings. The number of anilines is 1. The number of nitrogens with zero attached hydrogens (tertiary/aromatic N) is 2. The van der Waals surface area contributed by atoms with E-state index < -0.39 is 17.7 Å². The topological polar surface area (TPSA) is 99.9 Å². The van der Waals surface area contributed by atoms with E-state index in [4.69, 9.17) is 9.47 Å². The molecule has 1 aliphatic rings. The minimum Gasteiger partial charge on any atom is -0.507 e. The van der Waals surface area contributed by atoms with Crippen molar-refractivity contribution >= 4 is 39.1 Å². The number of benzene rings is 3.